The summed E-state index contributed by atoms with van der Waals surface area (Å²) in [5.74, 6) is 5.70. The second-order valence-electron chi connectivity index (χ2n) is 2.54. The molecule has 13 heavy (non-hydrogen) atoms. The molecule has 1 aromatic heterocycles. The summed E-state index contributed by atoms with van der Waals surface area (Å²) in [6, 6.07) is 0. The van der Waals surface area contributed by atoms with Gasteiger partial charge in [0.15, 0.2) is 5.78 Å². The SMILES string of the molecule is CC#CCCC(=O)c1snnc1C. The molecule has 0 aliphatic rings. The quantitative estimate of drug-likeness (QED) is 0.544. The van der Waals surface area contributed by atoms with E-state index in [1.54, 1.807) is 13.8 Å². The Bertz CT molecular complexity index is 359. The molecular formula is C9H10N2OS. The van der Waals surface area contributed by atoms with Gasteiger partial charge in [-0.1, -0.05) is 4.49 Å². The van der Waals surface area contributed by atoms with Crippen molar-refractivity contribution in [2.45, 2.75) is 26.7 Å². The third kappa shape index (κ3) is 2.63. The number of aryl methyl sites for hydroxylation is 1. The van der Waals surface area contributed by atoms with Crippen LogP contribution in [0, 0.1) is 18.8 Å². The fraction of sp³-hybridized carbons (Fsp3) is 0.444. The largest absolute Gasteiger partial charge is 0.293 e. The van der Waals surface area contributed by atoms with Crippen molar-refractivity contribution in [2.24, 2.45) is 0 Å². The summed E-state index contributed by atoms with van der Waals surface area (Å²) in [7, 11) is 0. The molecule has 3 nitrogen and oxygen atoms in total. The number of carbonyl (C=O) groups is 1. The molecular weight excluding hydrogens is 184 g/mol. The van der Waals surface area contributed by atoms with Gasteiger partial charge in [0.1, 0.15) is 4.88 Å². The van der Waals surface area contributed by atoms with Gasteiger partial charge in [-0.05, 0) is 25.4 Å². The van der Waals surface area contributed by atoms with Gasteiger partial charge in [-0.15, -0.1) is 16.9 Å². The van der Waals surface area contributed by atoms with Crippen LogP contribution in [0.5, 0.6) is 0 Å². The molecule has 0 aliphatic carbocycles. The number of aromatic nitrogens is 2. The van der Waals surface area contributed by atoms with E-state index in [1.165, 1.54) is 0 Å². The Morgan fingerprint density at radius 2 is 2.38 bits per heavy atom. The average molecular weight is 194 g/mol. The highest BCUT2D eigenvalue weighted by Gasteiger charge is 2.11. The van der Waals surface area contributed by atoms with E-state index in [0.29, 0.717) is 17.7 Å². The molecule has 1 aromatic rings. The molecule has 1 heterocycles. The fourth-order valence-corrected chi connectivity index (χ4v) is 1.52. The molecule has 1 rings (SSSR count). The topological polar surface area (TPSA) is 42.9 Å². The lowest BCUT2D eigenvalue weighted by atomic mass is 10.2. The minimum Gasteiger partial charge on any atom is -0.293 e. The molecule has 4 heteroatoms. The molecule has 0 unspecified atom stereocenters. The standard InChI is InChI=1S/C9H10N2OS/c1-3-4-5-6-8(12)9-7(2)10-11-13-9/h5-6H2,1-2H3. The van der Waals surface area contributed by atoms with Crippen molar-refractivity contribution in [3.8, 4) is 11.8 Å². The Hall–Kier alpha value is -1.21. The Kier molecular flexibility index (Phi) is 3.59. The zero-order valence-corrected chi connectivity index (χ0v) is 8.44. The van der Waals surface area contributed by atoms with E-state index in [9.17, 15) is 4.79 Å². The van der Waals surface area contributed by atoms with Crippen LogP contribution in [0.1, 0.15) is 35.1 Å². The zero-order valence-electron chi connectivity index (χ0n) is 7.63. The first kappa shape index (κ1) is 9.87. The number of nitrogens with zero attached hydrogens (tertiary/aromatic N) is 2. The first-order chi connectivity index (χ1) is 6.25. The van der Waals surface area contributed by atoms with E-state index < -0.39 is 0 Å². The van der Waals surface area contributed by atoms with Gasteiger partial charge in [-0.25, -0.2) is 0 Å². The summed E-state index contributed by atoms with van der Waals surface area (Å²) in [6.45, 7) is 3.56. The lowest BCUT2D eigenvalue weighted by Gasteiger charge is -1.92. The maximum Gasteiger partial charge on any atom is 0.177 e. The third-order valence-electron chi connectivity index (χ3n) is 1.56. The van der Waals surface area contributed by atoms with Crippen molar-refractivity contribution in [1.29, 1.82) is 0 Å². The fourth-order valence-electron chi connectivity index (χ4n) is 0.901. The van der Waals surface area contributed by atoms with Crippen LogP contribution >= 0.6 is 11.5 Å². The number of hydrogen-bond acceptors (Lipinski definition) is 4. The predicted octanol–water partition coefficient (Wildman–Crippen LogP) is 1.83. The van der Waals surface area contributed by atoms with Crippen LogP contribution in [-0.2, 0) is 0 Å². The first-order valence-electron chi connectivity index (χ1n) is 3.97. The highest BCUT2D eigenvalue weighted by molar-refractivity contribution is 7.08. The summed E-state index contributed by atoms with van der Waals surface area (Å²) < 4.78 is 3.71. The van der Waals surface area contributed by atoms with E-state index >= 15 is 0 Å². The summed E-state index contributed by atoms with van der Waals surface area (Å²) >= 11 is 1.16. The number of carbonyl (C=O) groups excluding carboxylic acids is 1. The van der Waals surface area contributed by atoms with E-state index in [-0.39, 0.29) is 5.78 Å². The molecule has 0 amide bonds. The van der Waals surface area contributed by atoms with E-state index in [4.69, 9.17) is 0 Å². The van der Waals surface area contributed by atoms with Crippen LogP contribution in [0.2, 0.25) is 0 Å². The molecule has 0 fully saturated rings. The van der Waals surface area contributed by atoms with Crippen LogP contribution in [0.25, 0.3) is 0 Å². The average Bonchev–Trinajstić information content (AvgIpc) is 2.52. The zero-order chi connectivity index (χ0) is 9.68. The van der Waals surface area contributed by atoms with Crippen molar-refractivity contribution in [3.05, 3.63) is 10.6 Å². The Morgan fingerprint density at radius 3 is 2.92 bits per heavy atom. The first-order valence-corrected chi connectivity index (χ1v) is 4.74. The lowest BCUT2D eigenvalue weighted by Crippen LogP contribution is -1.97. The van der Waals surface area contributed by atoms with Gasteiger partial charge in [0.2, 0.25) is 0 Å². The van der Waals surface area contributed by atoms with Crippen LogP contribution < -0.4 is 0 Å². The molecule has 0 saturated carbocycles. The van der Waals surface area contributed by atoms with Crippen molar-refractivity contribution in [1.82, 2.24) is 9.59 Å². The normalized spacial score (nSPS) is 9.08. The van der Waals surface area contributed by atoms with E-state index in [2.05, 4.69) is 21.4 Å². The van der Waals surface area contributed by atoms with Crippen molar-refractivity contribution in [2.75, 3.05) is 0 Å². The number of Topliss-reactive ketones (excluding diaryl/α,β-unsaturated/α-hetero) is 1. The van der Waals surface area contributed by atoms with Gasteiger partial charge in [0.25, 0.3) is 0 Å². The maximum atomic E-state index is 11.5. The monoisotopic (exact) mass is 194 g/mol. The number of ketones is 1. The van der Waals surface area contributed by atoms with Gasteiger partial charge < -0.3 is 0 Å². The van der Waals surface area contributed by atoms with Gasteiger partial charge in [-0.3, -0.25) is 4.79 Å². The van der Waals surface area contributed by atoms with Crippen molar-refractivity contribution < 1.29 is 4.79 Å². The second-order valence-corrected chi connectivity index (χ2v) is 3.29. The molecule has 0 bridgehead atoms. The van der Waals surface area contributed by atoms with Gasteiger partial charge in [0, 0.05) is 12.8 Å². The summed E-state index contributed by atoms with van der Waals surface area (Å²) in [5, 5.41) is 3.78. The number of rotatable bonds is 3. The highest BCUT2D eigenvalue weighted by Crippen LogP contribution is 2.12. The van der Waals surface area contributed by atoms with Gasteiger partial charge in [-0.2, -0.15) is 0 Å². The second kappa shape index (κ2) is 4.73. The maximum absolute atomic E-state index is 11.5. The minimum absolute atomic E-state index is 0.0928. The van der Waals surface area contributed by atoms with Crippen LogP contribution in [0.3, 0.4) is 0 Å². The molecule has 0 atom stereocenters. The van der Waals surface area contributed by atoms with Gasteiger partial charge in [0.05, 0.1) is 5.69 Å². The highest BCUT2D eigenvalue weighted by atomic mass is 32.1. The van der Waals surface area contributed by atoms with Crippen LogP contribution in [-0.4, -0.2) is 15.4 Å². The van der Waals surface area contributed by atoms with Crippen molar-refractivity contribution >= 4 is 17.3 Å². The van der Waals surface area contributed by atoms with Crippen LogP contribution in [0.4, 0.5) is 0 Å². The molecule has 0 saturated heterocycles. The van der Waals surface area contributed by atoms with E-state index in [0.717, 1.165) is 17.2 Å². The van der Waals surface area contributed by atoms with Crippen molar-refractivity contribution in [3.63, 3.8) is 0 Å². The molecule has 68 valence electrons. The summed E-state index contributed by atoms with van der Waals surface area (Å²) in [4.78, 5) is 12.1. The Balaban J connectivity index is 2.57. The molecule has 0 radical (unpaired) electrons. The van der Waals surface area contributed by atoms with E-state index in [1.807, 2.05) is 0 Å². The summed E-state index contributed by atoms with van der Waals surface area (Å²) in [6.07, 6.45) is 1.08. The molecule has 0 spiro atoms. The van der Waals surface area contributed by atoms with Crippen LogP contribution in [0.15, 0.2) is 0 Å². The third-order valence-corrected chi connectivity index (χ3v) is 2.43. The summed E-state index contributed by atoms with van der Waals surface area (Å²) in [5.41, 5.74) is 0.722. The predicted molar refractivity (Wildman–Crippen MR) is 51.7 cm³/mol. The molecule has 0 N–H and O–H groups in total. The lowest BCUT2D eigenvalue weighted by molar-refractivity contribution is 0.0987. The Labute approximate surface area is 81.3 Å². The molecule has 0 aromatic carbocycles. The Morgan fingerprint density at radius 1 is 1.62 bits per heavy atom. The molecule has 0 aliphatic heterocycles. The number of hydrogen-bond donors (Lipinski definition) is 0. The minimum atomic E-state index is 0.0928. The smallest absolute Gasteiger partial charge is 0.177 e. The van der Waals surface area contributed by atoms with Gasteiger partial charge >= 0.3 is 0 Å².